The van der Waals surface area contributed by atoms with Crippen LogP contribution in [0.2, 0.25) is 0 Å². The molecule has 68 valence electrons. The zero-order valence-electron chi connectivity index (χ0n) is 7.85. The number of hydrogen-bond acceptors (Lipinski definition) is 2. The van der Waals surface area contributed by atoms with Gasteiger partial charge in [0.15, 0.2) is 0 Å². The molecule has 0 N–H and O–H groups in total. The van der Waals surface area contributed by atoms with Gasteiger partial charge in [-0.05, 0) is 6.42 Å². The highest BCUT2D eigenvalue weighted by Gasteiger charge is 1.98. The fraction of sp³-hybridized carbons (Fsp3) is 0.700. The molecule has 0 aliphatic heterocycles. The van der Waals surface area contributed by atoms with Crippen LogP contribution >= 0.6 is 0 Å². The molecule has 0 unspecified atom stereocenters. The molecule has 0 saturated carbocycles. The van der Waals surface area contributed by atoms with E-state index in [1.54, 1.807) is 0 Å². The molecule has 0 heterocycles. The van der Waals surface area contributed by atoms with Crippen molar-refractivity contribution in [2.24, 2.45) is 0 Å². The predicted octanol–water partition coefficient (Wildman–Crippen LogP) is 2.48. The summed E-state index contributed by atoms with van der Waals surface area (Å²) in [6, 6.07) is 0. The second kappa shape index (κ2) is 8.13. The maximum Gasteiger partial charge on any atom is 0.319 e. The molecule has 0 amide bonds. The number of rotatable bonds is 4. The Morgan fingerprint density at radius 2 is 2.08 bits per heavy atom. The van der Waals surface area contributed by atoms with E-state index in [9.17, 15) is 4.79 Å². The summed E-state index contributed by atoms with van der Waals surface area (Å²) in [5.41, 5.74) is 0. The molecule has 0 fully saturated rings. The van der Waals surface area contributed by atoms with Gasteiger partial charge in [0.1, 0.15) is 6.11 Å². The minimum atomic E-state index is -0.204. The van der Waals surface area contributed by atoms with Crippen LogP contribution in [-0.2, 0) is 9.53 Å². The largest absolute Gasteiger partial charge is 0.372 e. The number of esters is 1. The minimum absolute atomic E-state index is 0.204. The van der Waals surface area contributed by atoms with Gasteiger partial charge in [0.05, 0.1) is 0 Å². The Morgan fingerprint density at radius 3 is 2.67 bits per heavy atom. The standard InChI is InChI=1S/C10H16O2/c1-3-5-7-8-10(11)12-9-6-4-2/h3-5,7-8H2,1-2H3. The van der Waals surface area contributed by atoms with Crippen molar-refractivity contribution in [3.05, 3.63) is 0 Å². The van der Waals surface area contributed by atoms with Crippen molar-refractivity contribution in [3.8, 4) is 12.0 Å². The summed E-state index contributed by atoms with van der Waals surface area (Å²) in [7, 11) is 0. The predicted molar refractivity (Wildman–Crippen MR) is 48.3 cm³/mol. The van der Waals surface area contributed by atoms with Gasteiger partial charge in [-0.3, -0.25) is 4.79 Å². The molecule has 0 saturated heterocycles. The molecule has 0 aliphatic carbocycles. The lowest BCUT2D eigenvalue weighted by Gasteiger charge is -1.94. The number of carbonyl (C=O) groups excluding carboxylic acids is 1. The van der Waals surface area contributed by atoms with Crippen LogP contribution in [0.5, 0.6) is 0 Å². The van der Waals surface area contributed by atoms with Crippen molar-refractivity contribution in [3.63, 3.8) is 0 Å². The molecule has 2 nitrogen and oxygen atoms in total. The van der Waals surface area contributed by atoms with Gasteiger partial charge in [-0.15, -0.1) is 0 Å². The summed E-state index contributed by atoms with van der Waals surface area (Å²) in [5, 5.41) is 0. The Bertz CT molecular complexity index is 174. The van der Waals surface area contributed by atoms with Crippen LogP contribution in [0.1, 0.15) is 46.0 Å². The van der Waals surface area contributed by atoms with Crippen molar-refractivity contribution < 1.29 is 9.53 Å². The highest BCUT2D eigenvalue weighted by Crippen LogP contribution is 1.99. The lowest BCUT2D eigenvalue weighted by molar-refractivity contribution is -0.136. The second-order valence-electron chi connectivity index (χ2n) is 2.56. The maximum absolute atomic E-state index is 10.9. The topological polar surface area (TPSA) is 26.3 Å². The van der Waals surface area contributed by atoms with Crippen molar-refractivity contribution in [2.45, 2.75) is 46.0 Å². The van der Waals surface area contributed by atoms with Crippen molar-refractivity contribution >= 4 is 5.97 Å². The third-order valence-electron chi connectivity index (χ3n) is 1.40. The molecule has 0 aromatic rings. The van der Waals surface area contributed by atoms with Gasteiger partial charge in [-0.2, -0.15) is 0 Å². The van der Waals surface area contributed by atoms with Crippen molar-refractivity contribution in [1.82, 2.24) is 0 Å². The Balaban J connectivity index is 3.34. The summed E-state index contributed by atoms with van der Waals surface area (Å²) >= 11 is 0. The van der Waals surface area contributed by atoms with Gasteiger partial charge in [-0.25, -0.2) is 0 Å². The zero-order chi connectivity index (χ0) is 9.23. The smallest absolute Gasteiger partial charge is 0.319 e. The summed E-state index contributed by atoms with van der Waals surface area (Å²) < 4.78 is 4.63. The van der Waals surface area contributed by atoms with E-state index in [2.05, 4.69) is 23.7 Å². The van der Waals surface area contributed by atoms with Crippen LogP contribution < -0.4 is 0 Å². The monoisotopic (exact) mass is 168 g/mol. The first-order chi connectivity index (χ1) is 5.81. The average Bonchev–Trinajstić information content (AvgIpc) is 2.06. The third kappa shape index (κ3) is 7.14. The quantitative estimate of drug-likeness (QED) is 0.366. The molecule has 2 heteroatoms. The van der Waals surface area contributed by atoms with E-state index >= 15 is 0 Å². The zero-order valence-corrected chi connectivity index (χ0v) is 7.85. The lowest BCUT2D eigenvalue weighted by Crippen LogP contribution is -1.98. The number of ether oxygens (including phenoxy) is 1. The molecule has 0 spiro atoms. The van der Waals surface area contributed by atoms with Gasteiger partial charge in [-0.1, -0.05) is 32.6 Å². The van der Waals surface area contributed by atoms with Crippen LogP contribution in [-0.4, -0.2) is 5.97 Å². The fourth-order valence-corrected chi connectivity index (χ4v) is 0.736. The van der Waals surface area contributed by atoms with Crippen LogP contribution in [0, 0.1) is 12.0 Å². The van der Waals surface area contributed by atoms with E-state index in [1.165, 1.54) is 0 Å². The first-order valence-electron chi connectivity index (χ1n) is 4.48. The van der Waals surface area contributed by atoms with Crippen LogP contribution in [0.4, 0.5) is 0 Å². The fourth-order valence-electron chi connectivity index (χ4n) is 0.736. The van der Waals surface area contributed by atoms with Gasteiger partial charge >= 0.3 is 5.97 Å². The summed E-state index contributed by atoms with van der Waals surface area (Å²) in [5.74, 6) is 2.47. The maximum atomic E-state index is 10.9. The van der Waals surface area contributed by atoms with Crippen molar-refractivity contribution in [2.75, 3.05) is 0 Å². The van der Waals surface area contributed by atoms with Crippen LogP contribution in [0.15, 0.2) is 0 Å². The van der Waals surface area contributed by atoms with Gasteiger partial charge in [0, 0.05) is 12.8 Å². The van der Waals surface area contributed by atoms with E-state index in [0.717, 1.165) is 25.7 Å². The summed E-state index contributed by atoms with van der Waals surface area (Å²) in [4.78, 5) is 10.9. The molecule has 0 aliphatic rings. The Kier molecular flexibility index (Phi) is 7.47. The molecular formula is C10H16O2. The van der Waals surface area contributed by atoms with Gasteiger partial charge in [0.2, 0.25) is 0 Å². The highest BCUT2D eigenvalue weighted by atomic mass is 16.5. The SMILES string of the molecule is CCC#COC(=O)CCCCC. The summed E-state index contributed by atoms with van der Waals surface area (Å²) in [6.07, 6.45) is 6.68. The van der Waals surface area contributed by atoms with Crippen molar-refractivity contribution in [1.29, 1.82) is 0 Å². The minimum Gasteiger partial charge on any atom is -0.372 e. The normalized spacial score (nSPS) is 8.50. The van der Waals surface area contributed by atoms with Gasteiger partial charge < -0.3 is 4.74 Å². The van der Waals surface area contributed by atoms with Crippen LogP contribution in [0.3, 0.4) is 0 Å². The second-order valence-corrected chi connectivity index (χ2v) is 2.56. The Hall–Kier alpha value is -0.970. The Morgan fingerprint density at radius 1 is 1.33 bits per heavy atom. The number of unbranched alkanes of at least 4 members (excludes halogenated alkanes) is 2. The van der Waals surface area contributed by atoms with E-state index in [0.29, 0.717) is 6.42 Å². The molecule has 0 radical (unpaired) electrons. The average molecular weight is 168 g/mol. The van der Waals surface area contributed by atoms with Crippen LogP contribution in [0.25, 0.3) is 0 Å². The summed E-state index contributed by atoms with van der Waals surface area (Å²) in [6.45, 7) is 4.01. The lowest BCUT2D eigenvalue weighted by atomic mass is 10.2. The molecule has 0 rings (SSSR count). The van der Waals surface area contributed by atoms with E-state index < -0.39 is 0 Å². The van der Waals surface area contributed by atoms with E-state index in [1.807, 2.05) is 6.92 Å². The molecule has 0 aromatic carbocycles. The highest BCUT2D eigenvalue weighted by molar-refractivity contribution is 5.70. The first kappa shape index (κ1) is 11.0. The van der Waals surface area contributed by atoms with Gasteiger partial charge in [0.25, 0.3) is 0 Å². The van der Waals surface area contributed by atoms with E-state index in [-0.39, 0.29) is 5.97 Å². The Labute approximate surface area is 74.3 Å². The third-order valence-corrected chi connectivity index (χ3v) is 1.40. The molecular weight excluding hydrogens is 152 g/mol. The molecule has 0 bridgehead atoms. The molecule has 0 aromatic heterocycles. The number of hydrogen-bond donors (Lipinski definition) is 0. The first-order valence-corrected chi connectivity index (χ1v) is 4.48. The van der Waals surface area contributed by atoms with E-state index in [4.69, 9.17) is 0 Å². The molecule has 0 atom stereocenters. The number of carbonyl (C=O) groups is 1. The molecule has 12 heavy (non-hydrogen) atoms.